The number of carbonyl (C=O) groups excluding carboxylic acids is 1. The molecule has 0 radical (unpaired) electrons. The van der Waals surface area contributed by atoms with Crippen molar-refractivity contribution in [3.05, 3.63) is 71.6 Å². The Balaban J connectivity index is 0.00000204. The van der Waals surface area contributed by atoms with Gasteiger partial charge in [0.25, 0.3) is 0 Å². The molecule has 0 bridgehead atoms. The highest BCUT2D eigenvalue weighted by Gasteiger charge is 2.37. The van der Waals surface area contributed by atoms with E-state index in [1.165, 1.54) is 10.3 Å². The van der Waals surface area contributed by atoms with Crippen LogP contribution < -0.4 is 5.32 Å². The number of rotatable bonds is 7. The van der Waals surface area contributed by atoms with Crippen LogP contribution in [-0.2, 0) is 24.1 Å². The Labute approximate surface area is 272 Å². The Hall–Kier alpha value is -4.55. The van der Waals surface area contributed by atoms with E-state index in [9.17, 15) is 10.0 Å². The third kappa shape index (κ3) is 7.13. The highest BCUT2D eigenvalue weighted by atomic mass is 16.6. The number of aromatic nitrogens is 4. The molecule has 3 N–H and O–H groups in total. The molecule has 0 saturated carbocycles. The fourth-order valence-electron chi connectivity index (χ4n) is 6.34. The van der Waals surface area contributed by atoms with Gasteiger partial charge in [-0.2, -0.15) is 4.73 Å². The number of hydrogen-bond donors (Lipinski definition) is 3. The SMILES string of the molecule is C#C.CCCNCc1ncc(-c2ccc(-c3ccc4c(c3)CCCCc3c-4nc([C@@H]4CCCN4C(=O)OC(C)(C)C)n3O)cc2)[nH]1. The van der Waals surface area contributed by atoms with Crippen molar-refractivity contribution in [2.45, 2.75) is 90.8 Å². The van der Waals surface area contributed by atoms with Crippen molar-refractivity contribution in [3.63, 3.8) is 0 Å². The molecule has 1 atom stereocenters. The lowest BCUT2D eigenvalue weighted by molar-refractivity contribution is 0.0199. The van der Waals surface area contributed by atoms with Gasteiger partial charge in [-0.1, -0.05) is 49.4 Å². The van der Waals surface area contributed by atoms with Crippen LogP contribution in [0.5, 0.6) is 0 Å². The lowest BCUT2D eigenvalue weighted by Crippen LogP contribution is -2.37. The first kappa shape index (κ1) is 32.8. The third-order valence-electron chi connectivity index (χ3n) is 8.50. The fraction of sp³-hybridized carbons (Fsp3) is 0.432. The fourth-order valence-corrected chi connectivity index (χ4v) is 6.34. The summed E-state index contributed by atoms with van der Waals surface area (Å²) in [5.74, 6) is 1.46. The van der Waals surface area contributed by atoms with Gasteiger partial charge in [-0.25, -0.2) is 14.8 Å². The molecule has 9 nitrogen and oxygen atoms in total. The molecular weight excluding hydrogens is 576 g/mol. The summed E-state index contributed by atoms with van der Waals surface area (Å²) in [5.41, 5.74) is 7.75. The van der Waals surface area contributed by atoms with Crippen molar-refractivity contribution in [1.82, 2.24) is 29.9 Å². The standard InChI is InChI=1S/C35H44N6O3.C2H2/c1-5-18-36-22-31-37-21-28(38-31)24-14-12-23(13-15-24)25-16-17-27-26(20-25)9-6-7-10-29-32(27)39-33(41(29)43)30-11-8-19-40(30)34(42)44-35(2,3)4;1-2/h12-17,20-21,30,36,43H,5-11,18-19,22H2,1-4H3,(H,37,38);1-2H/t30-;/m0./s1. The molecule has 9 heteroatoms. The van der Waals surface area contributed by atoms with E-state index < -0.39 is 5.60 Å². The Morgan fingerprint density at radius 2 is 1.78 bits per heavy atom. The van der Waals surface area contributed by atoms with Gasteiger partial charge in [-0.15, -0.1) is 12.8 Å². The molecule has 1 aliphatic carbocycles. The van der Waals surface area contributed by atoms with Crippen molar-refractivity contribution < 1.29 is 14.7 Å². The zero-order chi connectivity index (χ0) is 32.8. The minimum absolute atomic E-state index is 0.317. The first-order valence-electron chi connectivity index (χ1n) is 16.3. The summed E-state index contributed by atoms with van der Waals surface area (Å²) in [6, 6.07) is 14.8. The topological polar surface area (TPSA) is 108 Å². The lowest BCUT2D eigenvalue weighted by atomic mass is 9.90. The molecule has 2 aliphatic rings. The number of hydrogen-bond acceptors (Lipinski definition) is 6. The summed E-state index contributed by atoms with van der Waals surface area (Å²) in [6.07, 6.45) is 15.9. The number of nitrogens with zero attached hydrogens (tertiary/aromatic N) is 4. The van der Waals surface area contributed by atoms with Gasteiger partial charge in [-0.05, 0) is 94.5 Å². The average molecular weight is 623 g/mol. The van der Waals surface area contributed by atoms with Gasteiger partial charge >= 0.3 is 6.09 Å². The predicted octanol–water partition coefficient (Wildman–Crippen LogP) is 7.54. The first-order chi connectivity index (χ1) is 22.2. The second kappa shape index (κ2) is 14.3. The Morgan fingerprint density at radius 3 is 2.52 bits per heavy atom. The molecule has 242 valence electrons. The lowest BCUT2D eigenvalue weighted by Gasteiger charge is -2.28. The van der Waals surface area contributed by atoms with E-state index in [1.54, 1.807) is 4.90 Å². The summed E-state index contributed by atoms with van der Waals surface area (Å²) < 4.78 is 6.93. The van der Waals surface area contributed by atoms with E-state index in [2.05, 4.69) is 77.5 Å². The van der Waals surface area contributed by atoms with Crippen LogP contribution in [0.15, 0.2) is 48.7 Å². The number of aromatic amines is 1. The van der Waals surface area contributed by atoms with Gasteiger partial charge < -0.3 is 20.2 Å². The molecule has 2 aromatic heterocycles. The number of terminal acetylenes is 1. The van der Waals surface area contributed by atoms with Gasteiger partial charge in [-0.3, -0.25) is 4.90 Å². The maximum absolute atomic E-state index is 13.0. The van der Waals surface area contributed by atoms with Crippen LogP contribution >= 0.6 is 0 Å². The van der Waals surface area contributed by atoms with Gasteiger partial charge in [0.05, 0.1) is 35.9 Å². The highest BCUT2D eigenvalue weighted by molar-refractivity contribution is 5.75. The second-order valence-electron chi connectivity index (χ2n) is 13.0. The van der Waals surface area contributed by atoms with E-state index in [0.29, 0.717) is 12.4 Å². The van der Waals surface area contributed by atoms with E-state index in [0.717, 1.165) is 103 Å². The quantitative estimate of drug-likeness (QED) is 0.112. The Bertz CT molecular complexity index is 1660. The molecule has 1 saturated heterocycles. The number of carbonyl (C=O) groups is 1. The van der Waals surface area contributed by atoms with Gasteiger partial charge in [0, 0.05) is 12.1 Å². The van der Waals surface area contributed by atoms with Crippen molar-refractivity contribution in [3.8, 4) is 46.5 Å². The number of ether oxygens (including phenoxy) is 1. The number of H-pyrrole nitrogens is 1. The van der Waals surface area contributed by atoms with Crippen LogP contribution in [0.1, 0.15) is 88.7 Å². The van der Waals surface area contributed by atoms with Crippen LogP contribution in [0.25, 0.3) is 33.6 Å². The summed E-state index contributed by atoms with van der Waals surface area (Å²) >= 11 is 0. The van der Waals surface area contributed by atoms with Gasteiger partial charge in [0.15, 0.2) is 5.82 Å². The summed E-state index contributed by atoms with van der Waals surface area (Å²) in [4.78, 5) is 27.7. The molecule has 1 amide bonds. The zero-order valence-corrected chi connectivity index (χ0v) is 27.5. The summed E-state index contributed by atoms with van der Waals surface area (Å²) in [7, 11) is 0. The Morgan fingerprint density at radius 1 is 1.07 bits per heavy atom. The van der Waals surface area contributed by atoms with Crippen LogP contribution in [0.4, 0.5) is 4.79 Å². The monoisotopic (exact) mass is 622 g/mol. The van der Waals surface area contributed by atoms with Crippen molar-refractivity contribution in [1.29, 1.82) is 0 Å². The number of benzene rings is 2. The predicted molar refractivity (Wildman–Crippen MR) is 181 cm³/mol. The van der Waals surface area contributed by atoms with Crippen LogP contribution in [0, 0.1) is 12.8 Å². The van der Waals surface area contributed by atoms with Crippen molar-refractivity contribution in [2.24, 2.45) is 0 Å². The maximum Gasteiger partial charge on any atom is 0.410 e. The van der Waals surface area contributed by atoms with Crippen molar-refractivity contribution in [2.75, 3.05) is 13.1 Å². The summed E-state index contributed by atoms with van der Waals surface area (Å²) in [6.45, 7) is 10.1. The second-order valence-corrected chi connectivity index (χ2v) is 13.0. The maximum atomic E-state index is 13.0. The van der Waals surface area contributed by atoms with Crippen LogP contribution in [-0.4, -0.2) is 54.6 Å². The first-order valence-corrected chi connectivity index (χ1v) is 16.3. The molecule has 2 aromatic carbocycles. The van der Waals surface area contributed by atoms with Gasteiger partial charge in [0.1, 0.15) is 11.4 Å². The average Bonchev–Trinajstić information content (AvgIpc) is 3.78. The zero-order valence-electron chi connectivity index (χ0n) is 27.5. The third-order valence-corrected chi connectivity index (χ3v) is 8.50. The number of imidazole rings is 2. The van der Waals surface area contributed by atoms with Crippen LogP contribution in [0.2, 0.25) is 0 Å². The minimum atomic E-state index is -0.584. The number of aryl methyl sites for hydroxylation is 1. The van der Waals surface area contributed by atoms with E-state index in [4.69, 9.17) is 9.72 Å². The smallest absolute Gasteiger partial charge is 0.410 e. The number of likely N-dealkylation sites (tertiary alicyclic amines) is 1. The molecule has 3 heterocycles. The van der Waals surface area contributed by atoms with E-state index >= 15 is 0 Å². The molecular formula is C37H46N6O3. The molecule has 0 unspecified atom stereocenters. The summed E-state index contributed by atoms with van der Waals surface area (Å²) in [5, 5.41) is 14.8. The Kier molecular flexibility index (Phi) is 10.2. The molecule has 0 spiro atoms. The number of fused-ring (bicyclic) bond motifs is 3. The van der Waals surface area contributed by atoms with Crippen LogP contribution in [0.3, 0.4) is 0 Å². The number of nitrogens with one attached hydrogen (secondary N) is 2. The molecule has 6 rings (SSSR count). The van der Waals surface area contributed by atoms with E-state index in [-0.39, 0.29) is 12.1 Å². The highest BCUT2D eigenvalue weighted by Crippen LogP contribution is 2.39. The van der Waals surface area contributed by atoms with Crippen molar-refractivity contribution >= 4 is 6.09 Å². The molecule has 4 aromatic rings. The molecule has 1 fully saturated rings. The van der Waals surface area contributed by atoms with E-state index in [1.807, 2.05) is 27.0 Å². The number of amides is 1. The molecule has 46 heavy (non-hydrogen) atoms. The molecule has 1 aliphatic heterocycles. The van der Waals surface area contributed by atoms with Gasteiger partial charge in [0.2, 0.25) is 0 Å². The normalized spacial score (nSPS) is 16.0. The largest absolute Gasteiger partial charge is 0.444 e. The minimum Gasteiger partial charge on any atom is -0.444 e.